The molecule has 0 saturated heterocycles. The molecule has 17 heavy (non-hydrogen) atoms. The molecule has 0 aliphatic carbocycles. The number of hydrogen-bond acceptors (Lipinski definition) is 3. The van der Waals surface area contributed by atoms with E-state index in [0.29, 0.717) is 13.0 Å². The van der Waals surface area contributed by atoms with Crippen LogP contribution in [0.5, 0.6) is 0 Å². The van der Waals surface area contributed by atoms with E-state index in [4.69, 9.17) is 15.4 Å². The lowest BCUT2D eigenvalue weighted by Crippen LogP contribution is -2.24. The summed E-state index contributed by atoms with van der Waals surface area (Å²) >= 11 is 0. The Morgan fingerprint density at radius 3 is 2.65 bits per heavy atom. The highest BCUT2D eigenvalue weighted by atomic mass is 31.2. The molecule has 0 spiro atoms. The van der Waals surface area contributed by atoms with Gasteiger partial charge < -0.3 is 15.2 Å². The van der Waals surface area contributed by atoms with E-state index in [1.807, 2.05) is 37.3 Å². The lowest BCUT2D eigenvalue weighted by atomic mass is 10.2. The van der Waals surface area contributed by atoms with Gasteiger partial charge in [0, 0.05) is 0 Å². The number of hydrogen-bond donors (Lipinski definition) is 3. The maximum absolute atomic E-state index is 9.90. The van der Waals surface area contributed by atoms with Gasteiger partial charge in [0.25, 0.3) is 0 Å². The second kappa shape index (κ2) is 6.92. The summed E-state index contributed by atoms with van der Waals surface area (Å²) in [7, 11) is -3.20. The van der Waals surface area contributed by atoms with Crippen LogP contribution in [0.15, 0.2) is 30.3 Å². The van der Waals surface area contributed by atoms with E-state index in [-0.39, 0.29) is 0 Å². The van der Waals surface area contributed by atoms with Gasteiger partial charge in [-0.15, -0.1) is 0 Å². The number of unbranched alkanes of at least 4 members (excludes halogenated alkanes) is 1. The predicted octanol–water partition coefficient (Wildman–Crippen LogP) is 2.93. The Morgan fingerprint density at radius 1 is 1.41 bits per heavy atom. The largest absolute Gasteiger partial charge is 0.339 e. The van der Waals surface area contributed by atoms with Crippen LogP contribution < -0.4 is 5.73 Å². The average Bonchev–Trinajstić information content (AvgIpc) is 2.30. The van der Waals surface area contributed by atoms with Crippen LogP contribution in [0.25, 0.3) is 0 Å². The molecule has 0 aromatic heterocycles. The lowest BCUT2D eigenvalue weighted by molar-refractivity contribution is 0.283. The molecule has 0 bridgehead atoms. The molecule has 0 aliphatic rings. The van der Waals surface area contributed by atoms with Crippen molar-refractivity contribution in [3.8, 4) is 0 Å². The summed E-state index contributed by atoms with van der Waals surface area (Å²) < 4.78 is 5.21. The van der Waals surface area contributed by atoms with Gasteiger partial charge in [-0.25, -0.2) is 0 Å². The zero-order valence-corrected chi connectivity index (χ0v) is 11.1. The molecule has 0 aliphatic heterocycles. The van der Waals surface area contributed by atoms with Gasteiger partial charge in [-0.05, 0) is 18.4 Å². The van der Waals surface area contributed by atoms with Crippen LogP contribution in [0.4, 0.5) is 0 Å². The molecular formula is C12H21N2O2P. The fourth-order valence-electron chi connectivity index (χ4n) is 1.42. The Hall–Kier alpha value is -0.670. The fourth-order valence-corrected chi connectivity index (χ4v) is 2.48. The molecule has 0 fully saturated rings. The second-order valence-corrected chi connectivity index (χ2v) is 6.23. The van der Waals surface area contributed by atoms with E-state index < -0.39 is 13.3 Å². The van der Waals surface area contributed by atoms with Gasteiger partial charge >= 0.3 is 0 Å². The summed E-state index contributed by atoms with van der Waals surface area (Å²) in [6.45, 7) is 2.45. The second-order valence-electron chi connectivity index (χ2n) is 4.07. The van der Waals surface area contributed by atoms with E-state index in [0.717, 1.165) is 18.4 Å². The van der Waals surface area contributed by atoms with Crippen LogP contribution in [0.2, 0.25) is 0 Å². The minimum Gasteiger partial charge on any atom is -0.339 e. The summed E-state index contributed by atoms with van der Waals surface area (Å²) in [6.07, 6.45) is 2.30. The van der Waals surface area contributed by atoms with Crippen molar-refractivity contribution in [1.29, 1.82) is 5.16 Å². The molecule has 1 aromatic carbocycles. The number of rotatable bonds is 7. The quantitative estimate of drug-likeness (QED) is 0.518. The highest BCUT2D eigenvalue weighted by Gasteiger charge is 2.24. The monoisotopic (exact) mass is 256 g/mol. The van der Waals surface area contributed by atoms with Crippen LogP contribution in [0.3, 0.4) is 0 Å². The van der Waals surface area contributed by atoms with Crippen molar-refractivity contribution in [2.24, 2.45) is 5.73 Å². The van der Waals surface area contributed by atoms with Crippen molar-refractivity contribution in [1.82, 2.24) is 0 Å². The van der Waals surface area contributed by atoms with Crippen molar-refractivity contribution in [3.05, 3.63) is 35.9 Å². The van der Waals surface area contributed by atoms with E-state index >= 15 is 0 Å². The molecule has 4 nitrogen and oxygen atoms in total. The zero-order chi connectivity index (χ0) is 12.7. The SMILES string of the molecule is CCCCOP(=N)(O)[C@@H](N)Cc1ccccc1. The molecule has 1 rings (SSSR count). The van der Waals surface area contributed by atoms with Crippen molar-refractivity contribution in [3.63, 3.8) is 0 Å². The van der Waals surface area contributed by atoms with Crippen LogP contribution >= 0.6 is 7.51 Å². The molecule has 1 aromatic rings. The summed E-state index contributed by atoms with van der Waals surface area (Å²) in [4.78, 5) is 9.90. The minimum absolute atomic E-state index is 0.409. The predicted molar refractivity (Wildman–Crippen MR) is 70.8 cm³/mol. The Kier molecular flexibility index (Phi) is 5.86. The Bertz CT molecular complexity index is 370. The van der Waals surface area contributed by atoms with E-state index in [9.17, 15) is 4.89 Å². The average molecular weight is 256 g/mol. The van der Waals surface area contributed by atoms with Gasteiger partial charge in [0.1, 0.15) is 0 Å². The third-order valence-corrected chi connectivity index (χ3v) is 4.18. The molecule has 0 saturated carbocycles. The van der Waals surface area contributed by atoms with Gasteiger partial charge in [0.15, 0.2) is 0 Å². The first kappa shape index (κ1) is 14.4. The minimum atomic E-state index is -3.20. The summed E-state index contributed by atoms with van der Waals surface area (Å²) in [5.74, 6) is -0.637. The molecule has 4 N–H and O–H groups in total. The number of benzene rings is 1. The van der Waals surface area contributed by atoms with Gasteiger partial charge in [-0.2, -0.15) is 0 Å². The van der Waals surface area contributed by atoms with Gasteiger partial charge in [0.2, 0.25) is 7.51 Å². The molecule has 0 amide bonds. The summed E-state index contributed by atoms with van der Waals surface area (Å²) in [6, 6.07) is 9.63. The van der Waals surface area contributed by atoms with Crippen molar-refractivity contribution in [2.75, 3.05) is 6.61 Å². The summed E-state index contributed by atoms with van der Waals surface area (Å²) in [5.41, 5.74) is 6.87. The maximum atomic E-state index is 9.90. The highest BCUT2D eigenvalue weighted by Crippen LogP contribution is 2.47. The molecule has 5 heteroatoms. The molecule has 96 valence electrons. The van der Waals surface area contributed by atoms with Crippen LogP contribution in [0, 0.1) is 5.16 Å². The van der Waals surface area contributed by atoms with Gasteiger partial charge in [0.05, 0.1) is 12.4 Å². The van der Waals surface area contributed by atoms with E-state index in [1.165, 1.54) is 0 Å². The normalized spacial score (nSPS) is 16.4. The molecule has 0 radical (unpaired) electrons. The molecular weight excluding hydrogens is 235 g/mol. The first-order valence-corrected chi connectivity index (χ1v) is 7.59. The third-order valence-electron chi connectivity index (χ3n) is 2.52. The Balaban J connectivity index is 2.51. The highest BCUT2D eigenvalue weighted by molar-refractivity contribution is 7.54. The van der Waals surface area contributed by atoms with Crippen molar-refractivity contribution >= 4 is 7.51 Å². The Morgan fingerprint density at radius 2 is 2.06 bits per heavy atom. The van der Waals surface area contributed by atoms with Crippen LogP contribution in [-0.2, 0) is 10.9 Å². The first-order valence-electron chi connectivity index (χ1n) is 5.87. The molecule has 0 heterocycles. The van der Waals surface area contributed by atoms with Gasteiger partial charge in [-0.1, -0.05) is 43.7 Å². The van der Waals surface area contributed by atoms with Crippen LogP contribution in [0.1, 0.15) is 25.3 Å². The van der Waals surface area contributed by atoms with Crippen molar-refractivity contribution < 1.29 is 9.42 Å². The van der Waals surface area contributed by atoms with Crippen molar-refractivity contribution in [2.45, 2.75) is 32.0 Å². The smallest absolute Gasteiger partial charge is 0.224 e. The maximum Gasteiger partial charge on any atom is 0.224 e. The first-order chi connectivity index (χ1) is 8.06. The number of nitrogens with one attached hydrogen (secondary N) is 1. The summed E-state index contributed by atoms with van der Waals surface area (Å²) in [5, 5.41) is 7.78. The molecule has 1 unspecified atom stereocenters. The number of nitrogens with two attached hydrogens (primary N) is 1. The Labute approximate surface area is 103 Å². The zero-order valence-electron chi connectivity index (χ0n) is 10.2. The van der Waals surface area contributed by atoms with Crippen LogP contribution in [-0.4, -0.2) is 17.3 Å². The molecule has 2 atom stereocenters. The van der Waals surface area contributed by atoms with Gasteiger partial charge in [-0.3, -0.25) is 5.16 Å². The lowest BCUT2D eigenvalue weighted by Gasteiger charge is -2.22. The standard InChI is InChI=1S/C12H21N2O2P/c1-2-3-9-16-17(14,15)12(13)10-11-7-5-4-6-8-11/h4-8,12H,2-3,9-10,13H2,1H3,(H2,14,15)/t12-,17?/m1/s1. The van der Waals surface area contributed by atoms with E-state index in [2.05, 4.69) is 0 Å². The third kappa shape index (κ3) is 5.00. The topological polar surface area (TPSA) is 79.3 Å². The van der Waals surface area contributed by atoms with E-state index in [1.54, 1.807) is 0 Å². The fraction of sp³-hybridized carbons (Fsp3) is 0.500.